The van der Waals surface area contributed by atoms with Crippen molar-refractivity contribution in [3.05, 3.63) is 64.1 Å². The highest BCUT2D eigenvalue weighted by atomic mass is 79.9. The molecule has 0 saturated carbocycles. The molecule has 18 heavy (non-hydrogen) atoms. The molecule has 2 aromatic carbocycles. The zero-order valence-electron chi connectivity index (χ0n) is 10.6. The van der Waals surface area contributed by atoms with Crippen molar-refractivity contribution < 1.29 is 0 Å². The molecule has 0 unspecified atom stereocenters. The molecule has 0 fully saturated rings. The first-order valence-electron chi connectivity index (χ1n) is 6.29. The fraction of sp³-hybridized carbons (Fsp3) is 0.250. The second kappa shape index (κ2) is 6.60. The van der Waals surface area contributed by atoms with Crippen LogP contribution in [0, 0.1) is 6.92 Å². The zero-order chi connectivity index (χ0) is 12.8. The first-order valence-corrected chi connectivity index (χ1v) is 7.09. The largest absolute Gasteiger partial charge is 0.384 e. The number of benzene rings is 2. The summed E-state index contributed by atoms with van der Waals surface area (Å²) >= 11 is 3.58. The summed E-state index contributed by atoms with van der Waals surface area (Å²) in [6.07, 6.45) is 2.27. The van der Waals surface area contributed by atoms with Crippen molar-refractivity contribution in [1.29, 1.82) is 0 Å². The van der Waals surface area contributed by atoms with Gasteiger partial charge in [-0.15, -0.1) is 0 Å². The van der Waals surface area contributed by atoms with Gasteiger partial charge in [-0.25, -0.2) is 0 Å². The summed E-state index contributed by atoms with van der Waals surface area (Å²) in [6.45, 7) is 3.10. The van der Waals surface area contributed by atoms with E-state index in [9.17, 15) is 0 Å². The second-order valence-corrected chi connectivity index (χ2v) is 5.35. The molecule has 0 aromatic heterocycles. The van der Waals surface area contributed by atoms with Gasteiger partial charge >= 0.3 is 0 Å². The summed E-state index contributed by atoms with van der Waals surface area (Å²) < 4.78 is 1.14. The normalized spacial score (nSPS) is 10.3. The number of rotatable bonds is 5. The van der Waals surface area contributed by atoms with E-state index < -0.39 is 0 Å². The Balaban J connectivity index is 1.79. The van der Waals surface area contributed by atoms with E-state index >= 15 is 0 Å². The summed E-state index contributed by atoms with van der Waals surface area (Å²) in [4.78, 5) is 0. The highest BCUT2D eigenvalue weighted by Gasteiger charge is 1.99. The van der Waals surface area contributed by atoms with Gasteiger partial charge in [-0.3, -0.25) is 0 Å². The first-order chi connectivity index (χ1) is 8.75. The quantitative estimate of drug-likeness (QED) is 0.782. The molecule has 0 aliphatic rings. The minimum absolute atomic E-state index is 0.997. The van der Waals surface area contributed by atoms with Crippen LogP contribution in [0.1, 0.15) is 17.5 Å². The lowest BCUT2D eigenvalue weighted by Gasteiger charge is -2.09. The number of nitrogens with one attached hydrogen (secondary N) is 1. The van der Waals surface area contributed by atoms with Gasteiger partial charge in [0, 0.05) is 16.7 Å². The van der Waals surface area contributed by atoms with Crippen LogP contribution in [0.4, 0.5) is 5.69 Å². The molecule has 0 heterocycles. The van der Waals surface area contributed by atoms with Crippen LogP contribution in [-0.4, -0.2) is 6.54 Å². The number of hydrogen-bond acceptors (Lipinski definition) is 1. The van der Waals surface area contributed by atoms with Crippen LogP contribution >= 0.6 is 15.9 Å². The third kappa shape index (κ3) is 3.88. The number of hydrogen-bond donors (Lipinski definition) is 1. The van der Waals surface area contributed by atoms with Crippen molar-refractivity contribution in [2.45, 2.75) is 19.8 Å². The Hall–Kier alpha value is -1.28. The molecule has 0 radical (unpaired) electrons. The van der Waals surface area contributed by atoms with Crippen molar-refractivity contribution >= 4 is 21.6 Å². The fourth-order valence-electron chi connectivity index (χ4n) is 1.92. The molecule has 0 spiro atoms. The van der Waals surface area contributed by atoms with Crippen molar-refractivity contribution in [2.24, 2.45) is 0 Å². The summed E-state index contributed by atoms with van der Waals surface area (Å²) in [6, 6.07) is 17.0. The third-order valence-corrected chi connectivity index (χ3v) is 3.58. The monoisotopic (exact) mass is 303 g/mol. The summed E-state index contributed by atoms with van der Waals surface area (Å²) in [5.74, 6) is 0. The van der Waals surface area contributed by atoms with Gasteiger partial charge in [0.05, 0.1) is 0 Å². The predicted molar refractivity (Wildman–Crippen MR) is 82.1 cm³/mol. The molecule has 2 heteroatoms. The van der Waals surface area contributed by atoms with Gasteiger partial charge < -0.3 is 5.32 Å². The predicted octanol–water partition coefficient (Wildman–Crippen LogP) is 4.80. The second-order valence-electron chi connectivity index (χ2n) is 4.50. The molecule has 2 rings (SSSR count). The fourth-order valence-corrected chi connectivity index (χ4v) is 2.56. The van der Waals surface area contributed by atoms with Gasteiger partial charge in [-0.05, 0) is 59.0 Å². The van der Waals surface area contributed by atoms with Crippen LogP contribution in [-0.2, 0) is 6.42 Å². The number of anilines is 1. The minimum atomic E-state index is 0.997. The van der Waals surface area contributed by atoms with Gasteiger partial charge in [-0.1, -0.05) is 36.4 Å². The molecule has 0 amide bonds. The molecule has 0 atom stereocenters. The van der Waals surface area contributed by atoms with Gasteiger partial charge in [0.15, 0.2) is 0 Å². The molecular formula is C16H18BrN. The lowest BCUT2D eigenvalue weighted by molar-refractivity contribution is 0.862. The molecule has 0 aliphatic heterocycles. The molecule has 1 nitrogen and oxygen atoms in total. The highest BCUT2D eigenvalue weighted by Crippen LogP contribution is 2.23. The van der Waals surface area contributed by atoms with Crippen LogP contribution < -0.4 is 5.32 Å². The summed E-state index contributed by atoms with van der Waals surface area (Å²) in [5, 5.41) is 3.46. The maximum atomic E-state index is 3.58. The van der Waals surface area contributed by atoms with E-state index in [0.717, 1.165) is 23.9 Å². The van der Waals surface area contributed by atoms with Crippen molar-refractivity contribution in [2.75, 3.05) is 11.9 Å². The van der Waals surface area contributed by atoms with E-state index in [1.807, 2.05) is 0 Å². The summed E-state index contributed by atoms with van der Waals surface area (Å²) in [7, 11) is 0. The molecule has 0 saturated heterocycles. The Kier molecular flexibility index (Phi) is 4.82. The average molecular weight is 304 g/mol. The van der Waals surface area contributed by atoms with E-state index in [-0.39, 0.29) is 0 Å². The molecular weight excluding hydrogens is 286 g/mol. The molecule has 1 N–H and O–H groups in total. The van der Waals surface area contributed by atoms with Crippen molar-refractivity contribution in [3.63, 3.8) is 0 Å². The molecule has 0 bridgehead atoms. The minimum Gasteiger partial charge on any atom is -0.384 e. The molecule has 2 aromatic rings. The Morgan fingerprint density at radius 3 is 2.56 bits per heavy atom. The van der Waals surface area contributed by atoms with Gasteiger partial charge in [0.25, 0.3) is 0 Å². The van der Waals surface area contributed by atoms with E-state index in [1.165, 1.54) is 16.8 Å². The highest BCUT2D eigenvalue weighted by molar-refractivity contribution is 9.10. The maximum absolute atomic E-state index is 3.58. The molecule has 94 valence electrons. The van der Waals surface area contributed by atoms with Gasteiger partial charge in [0.1, 0.15) is 0 Å². The van der Waals surface area contributed by atoms with Crippen LogP contribution in [0.2, 0.25) is 0 Å². The summed E-state index contributed by atoms with van der Waals surface area (Å²) in [5.41, 5.74) is 3.85. The maximum Gasteiger partial charge on any atom is 0.0484 e. The Morgan fingerprint density at radius 1 is 1.06 bits per heavy atom. The van der Waals surface area contributed by atoms with Crippen molar-refractivity contribution in [3.8, 4) is 0 Å². The third-order valence-electron chi connectivity index (χ3n) is 2.93. The van der Waals surface area contributed by atoms with Crippen LogP contribution in [0.3, 0.4) is 0 Å². The smallest absolute Gasteiger partial charge is 0.0484 e. The van der Waals surface area contributed by atoms with E-state index in [0.29, 0.717) is 0 Å². The average Bonchev–Trinajstić information content (AvgIpc) is 2.38. The van der Waals surface area contributed by atoms with Crippen LogP contribution in [0.5, 0.6) is 0 Å². The Morgan fingerprint density at radius 2 is 1.83 bits per heavy atom. The standard InChI is InChI=1S/C16H18BrN/c1-13-9-10-16(15(17)12-13)18-11-5-8-14-6-3-2-4-7-14/h2-4,6-7,9-10,12,18H,5,8,11H2,1H3. The first kappa shape index (κ1) is 13.2. The molecule has 0 aliphatic carbocycles. The zero-order valence-corrected chi connectivity index (χ0v) is 12.2. The van der Waals surface area contributed by atoms with Gasteiger partial charge in [-0.2, -0.15) is 0 Å². The SMILES string of the molecule is Cc1ccc(NCCCc2ccccc2)c(Br)c1. The van der Waals surface area contributed by atoms with E-state index in [1.54, 1.807) is 0 Å². The van der Waals surface area contributed by atoms with Crippen LogP contribution in [0.15, 0.2) is 53.0 Å². The number of aryl methyl sites for hydroxylation is 2. The van der Waals surface area contributed by atoms with Crippen LogP contribution in [0.25, 0.3) is 0 Å². The topological polar surface area (TPSA) is 12.0 Å². The Bertz CT molecular complexity index is 494. The van der Waals surface area contributed by atoms with Gasteiger partial charge in [0.2, 0.25) is 0 Å². The lowest BCUT2D eigenvalue weighted by atomic mass is 10.1. The Labute approximate surface area is 117 Å². The number of halogens is 1. The van der Waals surface area contributed by atoms with E-state index in [2.05, 4.69) is 76.7 Å². The van der Waals surface area contributed by atoms with E-state index in [4.69, 9.17) is 0 Å². The van der Waals surface area contributed by atoms with Crippen molar-refractivity contribution in [1.82, 2.24) is 0 Å². The lowest BCUT2D eigenvalue weighted by Crippen LogP contribution is -2.03.